The van der Waals surface area contributed by atoms with Crippen LogP contribution in [0.25, 0.3) is 10.2 Å². The van der Waals surface area contributed by atoms with Crippen LogP contribution in [0.4, 0.5) is 5.13 Å². The van der Waals surface area contributed by atoms with Crippen LogP contribution >= 0.6 is 22.9 Å². The summed E-state index contributed by atoms with van der Waals surface area (Å²) >= 11 is 7.68. The summed E-state index contributed by atoms with van der Waals surface area (Å²) in [5.41, 5.74) is 1.05. The third-order valence-electron chi connectivity index (χ3n) is 5.31. The number of sulfonamides is 1. The molecule has 2 aromatic carbocycles. The molecule has 176 valence electrons. The Balaban J connectivity index is 1.62. The Kier molecular flexibility index (Phi) is 7.32. The summed E-state index contributed by atoms with van der Waals surface area (Å²) in [5.74, 6) is -0.248. The van der Waals surface area contributed by atoms with Gasteiger partial charge in [-0.1, -0.05) is 29.0 Å². The van der Waals surface area contributed by atoms with Crippen molar-refractivity contribution in [1.82, 2.24) is 14.2 Å². The largest absolute Gasteiger partial charge is 0.379 e. The number of likely N-dealkylation sites (N-methyl/N-ethyl adjacent to an activating group) is 1. The number of fused-ring (bicyclic) bond motifs is 1. The van der Waals surface area contributed by atoms with Crippen molar-refractivity contribution in [2.24, 2.45) is 0 Å². The van der Waals surface area contributed by atoms with Crippen molar-refractivity contribution in [3.63, 3.8) is 0 Å². The first-order chi connectivity index (χ1) is 15.8. The Morgan fingerprint density at radius 3 is 2.45 bits per heavy atom. The van der Waals surface area contributed by atoms with E-state index in [1.54, 1.807) is 23.1 Å². The van der Waals surface area contributed by atoms with Crippen molar-refractivity contribution >= 4 is 54.2 Å². The van der Waals surface area contributed by atoms with E-state index < -0.39 is 10.0 Å². The lowest BCUT2D eigenvalue weighted by atomic mass is 10.2. The van der Waals surface area contributed by atoms with E-state index in [4.69, 9.17) is 16.3 Å². The second-order valence-corrected chi connectivity index (χ2v) is 11.2. The number of para-hydroxylation sites is 1. The smallest absolute Gasteiger partial charge is 0.260 e. The maximum absolute atomic E-state index is 13.4. The van der Waals surface area contributed by atoms with Crippen LogP contribution in [0.1, 0.15) is 10.4 Å². The van der Waals surface area contributed by atoms with Crippen LogP contribution in [-0.2, 0) is 14.8 Å². The van der Waals surface area contributed by atoms with Gasteiger partial charge in [0.25, 0.3) is 5.91 Å². The maximum atomic E-state index is 13.4. The third-order valence-corrected chi connectivity index (χ3v) is 8.58. The molecular weight excluding hydrogens is 484 g/mol. The minimum Gasteiger partial charge on any atom is -0.379 e. The highest BCUT2D eigenvalue weighted by Crippen LogP contribution is 2.33. The second kappa shape index (κ2) is 10.0. The second-order valence-electron chi connectivity index (χ2n) is 7.88. The molecule has 2 heterocycles. The van der Waals surface area contributed by atoms with Crippen LogP contribution < -0.4 is 4.90 Å². The van der Waals surface area contributed by atoms with Gasteiger partial charge in [0.15, 0.2) is 5.13 Å². The van der Waals surface area contributed by atoms with Crippen LogP contribution in [0.15, 0.2) is 47.4 Å². The molecule has 1 amide bonds. The molecule has 3 aromatic rings. The van der Waals surface area contributed by atoms with Crippen LogP contribution in [-0.4, -0.2) is 82.0 Å². The summed E-state index contributed by atoms with van der Waals surface area (Å²) in [6.45, 7) is 2.46. The number of anilines is 1. The number of carbonyl (C=O) groups is 1. The molecule has 0 bridgehead atoms. The van der Waals surface area contributed by atoms with E-state index in [1.807, 2.05) is 31.1 Å². The quantitative estimate of drug-likeness (QED) is 0.487. The Bertz CT molecular complexity index is 1240. The van der Waals surface area contributed by atoms with E-state index in [-0.39, 0.29) is 10.8 Å². The molecule has 0 aliphatic carbocycles. The van der Waals surface area contributed by atoms with Crippen molar-refractivity contribution in [3.05, 3.63) is 53.1 Å². The lowest BCUT2D eigenvalue weighted by Crippen LogP contribution is -2.40. The molecule has 0 unspecified atom stereocenters. The summed E-state index contributed by atoms with van der Waals surface area (Å²) in [6.07, 6.45) is 0. The lowest BCUT2D eigenvalue weighted by Gasteiger charge is -2.26. The van der Waals surface area contributed by atoms with Gasteiger partial charge in [-0.3, -0.25) is 9.69 Å². The van der Waals surface area contributed by atoms with Gasteiger partial charge in [0.1, 0.15) is 5.52 Å². The molecule has 11 heteroatoms. The fraction of sp³-hybridized carbons (Fsp3) is 0.364. The zero-order chi connectivity index (χ0) is 23.6. The fourth-order valence-electron chi connectivity index (χ4n) is 3.46. The highest BCUT2D eigenvalue weighted by molar-refractivity contribution is 7.89. The number of benzene rings is 2. The lowest BCUT2D eigenvalue weighted by molar-refractivity contribution is 0.0730. The van der Waals surface area contributed by atoms with Gasteiger partial charge in [-0.05, 0) is 50.5 Å². The molecule has 0 spiro atoms. The van der Waals surface area contributed by atoms with Gasteiger partial charge >= 0.3 is 0 Å². The van der Waals surface area contributed by atoms with E-state index in [9.17, 15) is 13.2 Å². The van der Waals surface area contributed by atoms with E-state index in [2.05, 4.69) is 4.98 Å². The summed E-state index contributed by atoms with van der Waals surface area (Å²) in [5, 5.41) is 1.09. The first-order valence-electron chi connectivity index (χ1n) is 10.5. The van der Waals surface area contributed by atoms with Gasteiger partial charge < -0.3 is 9.64 Å². The molecule has 1 aromatic heterocycles. The summed E-state index contributed by atoms with van der Waals surface area (Å²) in [7, 11) is 0.244. The fourth-order valence-corrected chi connectivity index (χ4v) is 6.16. The Hall–Kier alpha value is -2.08. The van der Waals surface area contributed by atoms with Gasteiger partial charge in [0, 0.05) is 31.7 Å². The maximum Gasteiger partial charge on any atom is 0.260 e. The number of halogens is 1. The summed E-state index contributed by atoms with van der Waals surface area (Å²) < 4.78 is 33.3. The number of hydrogen-bond acceptors (Lipinski definition) is 7. The molecule has 33 heavy (non-hydrogen) atoms. The summed E-state index contributed by atoms with van der Waals surface area (Å²) in [4.78, 5) is 21.8. The molecule has 1 aliphatic rings. The Labute approximate surface area is 202 Å². The molecule has 1 fully saturated rings. The molecule has 0 N–H and O–H groups in total. The van der Waals surface area contributed by atoms with E-state index >= 15 is 0 Å². The molecule has 4 rings (SSSR count). The van der Waals surface area contributed by atoms with E-state index in [0.29, 0.717) is 60.6 Å². The van der Waals surface area contributed by atoms with Crippen LogP contribution in [0, 0.1) is 0 Å². The van der Waals surface area contributed by atoms with Crippen molar-refractivity contribution in [2.45, 2.75) is 4.90 Å². The molecule has 1 aliphatic heterocycles. The van der Waals surface area contributed by atoms with Crippen molar-refractivity contribution in [3.8, 4) is 0 Å². The van der Waals surface area contributed by atoms with Gasteiger partial charge in [-0.25, -0.2) is 13.4 Å². The zero-order valence-corrected chi connectivity index (χ0v) is 20.8. The third kappa shape index (κ3) is 5.21. The van der Waals surface area contributed by atoms with Crippen molar-refractivity contribution < 1.29 is 17.9 Å². The predicted octanol–water partition coefficient (Wildman–Crippen LogP) is 3.18. The highest BCUT2D eigenvalue weighted by atomic mass is 35.5. The minimum absolute atomic E-state index is 0.160. The Morgan fingerprint density at radius 2 is 1.82 bits per heavy atom. The molecular formula is C22H25ClN4O4S2. The molecule has 8 nitrogen and oxygen atoms in total. The SMILES string of the molecule is CN(C)CCN(C(=O)c1ccc(S(=O)(=O)N2CCOCC2)cc1)c1nc2c(Cl)cccc2s1. The van der Waals surface area contributed by atoms with Crippen LogP contribution in [0.5, 0.6) is 0 Å². The van der Waals surface area contributed by atoms with Crippen molar-refractivity contribution in [1.29, 1.82) is 0 Å². The summed E-state index contributed by atoms with van der Waals surface area (Å²) in [6, 6.07) is 11.6. The van der Waals surface area contributed by atoms with Gasteiger partial charge in [0.05, 0.1) is 27.8 Å². The zero-order valence-electron chi connectivity index (χ0n) is 18.4. The molecule has 0 atom stereocenters. The number of hydrogen-bond donors (Lipinski definition) is 0. The number of nitrogens with zero attached hydrogens (tertiary/aromatic N) is 4. The number of rotatable bonds is 7. The highest BCUT2D eigenvalue weighted by Gasteiger charge is 2.27. The van der Waals surface area contributed by atoms with Gasteiger partial charge in [0.2, 0.25) is 10.0 Å². The molecule has 0 saturated carbocycles. The molecule has 1 saturated heterocycles. The molecule has 0 radical (unpaired) electrons. The van der Waals surface area contributed by atoms with Gasteiger partial charge in [-0.2, -0.15) is 4.31 Å². The monoisotopic (exact) mass is 508 g/mol. The first-order valence-corrected chi connectivity index (χ1v) is 13.1. The van der Waals surface area contributed by atoms with Crippen molar-refractivity contribution in [2.75, 3.05) is 58.4 Å². The Morgan fingerprint density at radius 1 is 1.12 bits per heavy atom. The van der Waals surface area contributed by atoms with E-state index in [0.717, 1.165) is 4.70 Å². The van der Waals surface area contributed by atoms with E-state index in [1.165, 1.54) is 27.8 Å². The topological polar surface area (TPSA) is 83.1 Å². The van der Waals surface area contributed by atoms with Crippen LogP contribution in [0.3, 0.4) is 0 Å². The number of carbonyl (C=O) groups excluding carboxylic acids is 1. The number of thiazole rings is 1. The number of morpholine rings is 1. The number of aromatic nitrogens is 1. The average Bonchev–Trinajstić information content (AvgIpc) is 3.25. The predicted molar refractivity (Wildman–Crippen MR) is 131 cm³/mol. The number of ether oxygens (including phenoxy) is 1. The average molecular weight is 509 g/mol. The first kappa shape index (κ1) is 24.1. The normalized spacial score (nSPS) is 15.3. The van der Waals surface area contributed by atoms with Crippen LogP contribution in [0.2, 0.25) is 5.02 Å². The van der Waals surface area contributed by atoms with Gasteiger partial charge in [-0.15, -0.1) is 0 Å². The number of amides is 1. The standard InChI is InChI=1S/C22H25ClN4O4S2/c1-25(2)10-11-27(22-24-20-18(23)4-3-5-19(20)32-22)21(28)16-6-8-17(9-7-16)33(29,30)26-12-14-31-15-13-26/h3-9H,10-15H2,1-2H3. The minimum atomic E-state index is -3.62.